The topological polar surface area (TPSA) is 235 Å². The van der Waals surface area contributed by atoms with Gasteiger partial charge >= 0.3 is 25.0 Å². The third-order valence-corrected chi connectivity index (χ3v) is 9.57. The Kier molecular flexibility index (Phi) is 20.7. The lowest BCUT2D eigenvalue weighted by atomic mass is 9.77. The van der Waals surface area contributed by atoms with Crippen LogP contribution in [0.4, 0.5) is 0 Å². The summed E-state index contributed by atoms with van der Waals surface area (Å²) in [6.07, 6.45) is 0. The molecule has 0 atom stereocenters. The highest BCUT2D eigenvalue weighted by molar-refractivity contribution is 6.59. The molecule has 0 amide bonds. The molecule has 0 bridgehead atoms. The van der Waals surface area contributed by atoms with Crippen molar-refractivity contribution in [2.75, 3.05) is 19.8 Å². The van der Waals surface area contributed by atoms with E-state index in [-0.39, 0.29) is 59.0 Å². The number of nitrogens with zero attached hydrogens (tertiary/aromatic N) is 5. The van der Waals surface area contributed by atoms with Crippen molar-refractivity contribution in [1.29, 1.82) is 0 Å². The van der Waals surface area contributed by atoms with Crippen LogP contribution in [0, 0.1) is 20.8 Å². The van der Waals surface area contributed by atoms with E-state index in [4.69, 9.17) is 59.1 Å². The smallest absolute Gasteiger partial charge is 0.461 e. The molecule has 3 heterocycles. The summed E-state index contributed by atoms with van der Waals surface area (Å²) in [5, 5.41) is 33.7. The quantitative estimate of drug-likeness (QED) is 0.0465. The van der Waals surface area contributed by atoms with Gasteiger partial charge in [-0.05, 0) is 94.5 Å². The summed E-state index contributed by atoms with van der Waals surface area (Å²) < 4.78 is 17.4. The minimum Gasteiger partial charge on any atom is -0.461 e. The monoisotopic (exact) mass is 964 g/mol. The predicted octanol–water partition coefficient (Wildman–Crippen LogP) is 7.54. The van der Waals surface area contributed by atoms with Crippen molar-refractivity contribution < 1.29 is 53.0 Å². The molecule has 6 rings (SSSR count). The average Bonchev–Trinajstić information content (AvgIpc) is 4.05. The standard InChI is InChI=1S/2C15H15ClN2O3.C8H10N2O3.C7H8BClO2/c1-4-21-15(20)12-8-14(10(3)19)18(17-12)13-7-11(16)6-5-9(13)2;1-4-21-15(20)14-8-12(10(3)19)17-18(14)13-7-11(16)6-5-9(13)2;1-3-13-8(12)7-4-6(5(2)11)9-10-7;1-5-2-3-6(9)4-7(5)8(10)11/h2*5-8H,4H2,1-3H3;4H,3H2,1-2H3,(H,9,10);2-4,10-11H,1H3. The van der Waals surface area contributed by atoms with Crippen molar-refractivity contribution in [3.05, 3.63) is 139 Å². The summed E-state index contributed by atoms with van der Waals surface area (Å²) in [4.78, 5) is 69.0. The van der Waals surface area contributed by atoms with Gasteiger partial charge in [0.2, 0.25) is 0 Å². The van der Waals surface area contributed by atoms with Crippen molar-refractivity contribution in [2.24, 2.45) is 0 Å². The van der Waals surface area contributed by atoms with Gasteiger partial charge in [-0.1, -0.05) is 58.6 Å². The molecule has 0 saturated heterocycles. The second kappa shape index (κ2) is 25.3. The fraction of sp³-hybridized carbons (Fsp3) is 0.267. The Balaban J connectivity index is 0.000000242. The Morgan fingerprint density at radius 2 is 1.00 bits per heavy atom. The predicted molar refractivity (Wildman–Crippen MR) is 249 cm³/mol. The molecule has 66 heavy (non-hydrogen) atoms. The molecule has 0 aliphatic heterocycles. The molecule has 0 radical (unpaired) electrons. The number of carbonyl (C=O) groups excluding carboxylic acids is 6. The van der Waals surface area contributed by atoms with E-state index in [0.717, 1.165) is 16.7 Å². The number of nitrogens with one attached hydrogen (secondary N) is 1. The number of halogens is 3. The van der Waals surface area contributed by atoms with E-state index in [1.165, 1.54) is 48.3 Å². The first-order valence-electron chi connectivity index (χ1n) is 20.1. The number of benzene rings is 3. The first-order chi connectivity index (χ1) is 31.1. The first-order valence-corrected chi connectivity index (χ1v) is 21.2. The number of esters is 3. The van der Waals surface area contributed by atoms with Gasteiger partial charge in [0.05, 0.1) is 31.2 Å². The van der Waals surface area contributed by atoms with Crippen molar-refractivity contribution >= 4 is 82.6 Å². The molecule has 17 nitrogen and oxygen atoms in total. The Morgan fingerprint density at radius 3 is 1.45 bits per heavy atom. The molecule has 0 fully saturated rings. The van der Waals surface area contributed by atoms with Crippen LogP contribution in [0.25, 0.3) is 11.4 Å². The highest BCUT2D eigenvalue weighted by atomic mass is 35.5. The molecule has 0 saturated carbocycles. The molecule has 21 heteroatoms. The first kappa shape index (κ1) is 53.9. The maximum Gasteiger partial charge on any atom is 0.488 e. The van der Waals surface area contributed by atoms with Gasteiger partial charge < -0.3 is 24.3 Å². The van der Waals surface area contributed by atoms with Crippen molar-refractivity contribution in [1.82, 2.24) is 29.8 Å². The van der Waals surface area contributed by atoms with Crippen LogP contribution < -0.4 is 5.46 Å². The van der Waals surface area contributed by atoms with E-state index in [1.54, 1.807) is 70.2 Å². The van der Waals surface area contributed by atoms with E-state index in [2.05, 4.69) is 20.4 Å². The normalized spacial score (nSPS) is 10.2. The number of ketones is 3. The van der Waals surface area contributed by atoms with Crippen LogP contribution in [-0.4, -0.2) is 102 Å². The molecule has 0 unspecified atom stereocenters. The second-order valence-corrected chi connectivity index (χ2v) is 15.2. The van der Waals surface area contributed by atoms with Gasteiger partial charge in [0, 0.05) is 54.0 Å². The molecule has 3 aromatic heterocycles. The Labute approximate surface area is 396 Å². The van der Waals surface area contributed by atoms with Crippen LogP contribution in [0.3, 0.4) is 0 Å². The molecular formula is C45H48BCl3N6O11. The number of hydrogen-bond donors (Lipinski definition) is 3. The fourth-order valence-electron chi connectivity index (χ4n) is 5.53. The molecule has 348 valence electrons. The number of hydrogen-bond acceptors (Lipinski definition) is 14. The van der Waals surface area contributed by atoms with Gasteiger partial charge in [0.1, 0.15) is 22.8 Å². The van der Waals surface area contributed by atoms with Crippen LogP contribution >= 0.6 is 34.8 Å². The zero-order valence-electron chi connectivity index (χ0n) is 37.6. The largest absolute Gasteiger partial charge is 0.488 e. The van der Waals surface area contributed by atoms with Gasteiger partial charge in [-0.2, -0.15) is 15.3 Å². The average molecular weight is 966 g/mol. The van der Waals surface area contributed by atoms with Crippen molar-refractivity contribution in [2.45, 2.75) is 62.3 Å². The van der Waals surface area contributed by atoms with Gasteiger partial charge in [0.25, 0.3) is 0 Å². The fourth-order valence-corrected chi connectivity index (χ4v) is 6.05. The van der Waals surface area contributed by atoms with Gasteiger partial charge in [0.15, 0.2) is 28.7 Å². The van der Waals surface area contributed by atoms with Gasteiger partial charge in [-0.15, -0.1) is 0 Å². The maximum absolute atomic E-state index is 12.0. The maximum atomic E-state index is 12.0. The molecule has 3 aromatic carbocycles. The molecule has 3 N–H and O–H groups in total. The SMILES string of the molecule is CCOC(=O)c1cc(C(C)=O)n(-c2cc(Cl)ccc2C)n1.CCOC(=O)c1cc(C(C)=O)n[nH]1.CCOC(=O)c1cc(C(C)=O)nn1-c1cc(Cl)ccc1C.Cc1ccc(Cl)cc1B(O)O. The van der Waals surface area contributed by atoms with E-state index in [1.807, 2.05) is 26.0 Å². The van der Waals surface area contributed by atoms with Crippen LogP contribution in [0.2, 0.25) is 15.1 Å². The Bertz CT molecular complexity index is 2710. The number of rotatable bonds is 12. The van der Waals surface area contributed by atoms with Crippen molar-refractivity contribution in [3.63, 3.8) is 0 Å². The summed E-state index contributed by atoms with van der Waals surface area (Å²) in [6.45, 7) is 15.7. The number of carbonyl (C=O) groups is 6. The third kappa shape index (κ3) is 15.1. The summed E-state index contributed by atoms with van der Waals surface area (Å²) >= 11 is 17.6. The zero-order chi connectivity index (χ0) is 49.4. The van der Waals surface area contributed by atoms with E-state index >= 15 is 0 Å². The molecule has 6 aromatic rings. The lowest BCUT2D eigenvalue weighted by Crippen LogP contribution is -2.31. The van der Waals surface area contributed by atoms with Crippen LogP contribution in [0.1, 0.15) is 121 Å². The number of aryl methyl sites for hydroxylation is 3. The highest BCUT2D eigenvalue weighted by Crippen LogP contribution is 2.23. The summed E-state index contributed by atoms with van der Waals surface area (Å²) in [5.74, 6) is -2.19. The lowest BCUT2D eigenvalue weighted by molar-refractivity contribution is 0.0507. The summed E-state index contributed by atoms with van der Waals surface area (Å²) in [6, 6.07) is 19.8. The Hall–Kier alpha value is -6.44. The highest BCUT2D eigenvalue weighted by Gasteiger charge is 2.22. The summed E-state index contributed by atoms with van der Waals surface area (Å²) in [5.41, 5.74) is 5.59. The number of ether oxygens (including phenoxy) is 3. The third-order valence-electron chi connectivity index (χ3n) is 8.86. The number of Topliss-reactive ketones (excluding diaryl/α,β-unsaturated/α-hetero) is 3. The van der Waals surface area contributed by atoms with E-state index in [9.17, 15) is 28.8 Å². The van der Waals surface area contributed by atoms with Gasteiger partial charge in [-0.25, -0.2) is 23.7 Å². The number of aromatic nitrogens is 6. The lowest BCUT2D eigenvalue weighted by Gasteiger charge is -2.10. The second-order valence-electron chi connectivity index (χ2n) is 13.9. The van der Waals surface area contributed by atoms with Crippen molar-refractivity contribution in [3.8, 4) is 11.4 Å². The molecule has 0 aliphatic carbocycles. The van der Waals surface area contributed by atoms with E-state index in [0.29, 0.717) is 44.2 Å². The minimum absolute atomic E-state index is 0.0985. The Morgan fingerprint density at radius 1 is 0.561 bits per heavy atom. The molecule has 0 aliphatic rings. The van der Waals surface area contributed by atoms with Gasteiger partial charge in [-0.3, -0.25) is 19.5 Å². The zero-order valence-corrected chi connectivity index (χ0v) is 39.8. The van der Waals surface area contributed by atoms with Crippen LogP contribution in [-0.2, 0) is 14.2 Å². The summed E-state index contributed by atoms with van der Waals surface area (Å²) in [7, 11) is -1.44. The number of H-pyrrole nitrogens is 1. The van der Waals surface area contributed by atoms with Crippen LogP contribution in [0.15, 0.2) is 72.8 Å². The molecular weight excluding hydrogens is 918 g/mol. The number of aromatic amines is 1. The van der Waals surface area contributed by atoms with E-state index < -0.39 is 25.0 Å². The minimum atomic E-state index is -1.44. The molecule has 0 spiro atoms. The van der Waals surface area contributed by atoms with Crippen LogP contribution in [0.5, 0.6) is 0 Å².